The Hall–Kier alpha value is -1.24. The lowest BCUT2D eigenvalue weighted by Gasteiger charge is -2.13. The van der Waals surface area contributed by atoms with Gasteiger partial charge in [0.2, 0.25) is 5.91 Å². The molecule has 0 saturated heterocycles. The first-order chi connectivity index (χ1) is 10.1. The summed E-state index contributed by atoms with van der Waals surface area (Å²) in [6.07, 6.45) is 2.83. The SMILES string of the molecule is Cl.NC(CNC(=O)c1ccc2c(c1)NC(=O)CCS2)C1CC1. The molecule has 2 amide bonds. The number of anilines is 1. The number of rotatable bonds is 4. The molecule has 1 aliphatic carbocycles. The van der Waals surface area contributed by atoms with Crippen molar-refractivity contribution in [2.24, 2.45) is 11.7 Å². The van der Waals surface area contributed by atoms with E-state index < -0.39 is 0 Å². The number of hydrogen-bond donors (Lipinski definition) is 3. The number of thioether (sulfide) groups is 1. The largest absolute Gasteiger partial charge is 0.350 e. The monoisotopic (exact) mass is 341 g/mol. The average Bonchev–Trinajstić information content (AvgIpc) is 3.30. The van der Waals surface area contributed by atoms with Gasteiger partial charge in [0.1, 0.15) is 0 Å². The van der Waals surface area contributed by atoms with Crippen molar-refractivity contribution in [2.75, 3.05) is 17.6 Å². The third-order valence-corrected chi connectivity index (χ3v) is 4.90. The molecule has 0 aromatic heterocycles. The van der Waals surface area contributed by atoms with E-state index in [1.54, 1.807) is 23.9 Å². The zero-order valence-corrected chi connectivity index (χ0v) is 13.8. The van der Waals surface area contributed by atoms with Crippen LogP contribution in [0.2, 0.25) is 0 Å². The van der Waals surface area contributed by atoms with Gasteiger partial charge < -0.3 is 16.4 Å². The summed E-state index contributed by atoms with van der Waals surface area (Å²) in [5.41, 5.74) is 7.26. The molecule has 5 nitrogen and oxygen atoms in total. The molecular formula is C15H20ClN3O2S. The Morgan fingerprint density at radius 3 is 2.95 bits per heavy atom. The lowest BCUT2D eigenvalue weighted by molar-refractivity contribution is -0.115. The van der Waals surface area contributed by atoms with E-state index in [0.29, 0.717) is 24.4 Å². The highest BCUT2D eigenvalue weighted by Gasteiger charge is 2.28. The Morgan fingerprint density at radius 2 is 2.23 bits per heavy atom. The zero-order valence-electron chi connectivity index (χ0n) is 12.1. The highest BCUT2D eigenvalue weighted by atomic mass is 35.5. The molecule has 1 fully saturated rings. The number of carbonyl (C=O) groups excluding carboxylic acids is 2. The van der Waals surface area contributed by atoms with Crippen LogP contribution in [-0.4, -0.2) is 30.2 Å². The third-order valence-electron chi connectivity index (χ3n) is 3.83. The fraction of sp³-hybridized carbons (Fsp3) is 0.467. The number of carbonyl (C=O) groups is 2. The van der Waals surface area contributed by atoms with E-state index in [9.17, 15) is 9.59 Å². The van der Waals surface area contributed by atoms with Crippen LogP contribution in [0, 0.1) is 5.92 Å². The van der Waals surface area contributed by atoms with Gasteiger partial charge in [-0.3, -0.25) is 9.59 Å². The molecule has 2 aliphatic rings. The molecule has 22 heavy (non-hydrogen) atoms. The van der Waals surface area contributed by atoms with Crippen LogP contribution in [0.3, 0.4) is 0 Å². The van der Waals surface area contributed by atoms with E-state index in [0.717, 1.165) is 16.3 Å². The molecule has 120 valence electrons. The molecular weight excluding hydrogens is 322 g/mol. The normalized spacial score (nSPS) is 18.3. The molecule has 0 spiro atoms. The first kappa shape index (κ1) is 17.1. The number of amides is 2. The topological polar surface area (TPSA) is 84.2 Å². The number of fused-ring (bicyclic) bond motifs is 1. The summed E-state index contributed by atoms with van der Waals surface area (Å²) in [5.74, 6) is 1.18. The van der Waals surface area contributed by atoms with Crippen LogP contribution in [0.4, 0.5) is 5.69 Å². The lowest BCUT2D eigenvalue weighted by Crippen LogP contribution is -2.38. The minimum Gasteiger partial charge on any atom is -0.350 e. The Balaban J connectivity index is 0.00000176. The fourth-order valence-electron chi connectivity index (χ4n) is 2.36. The van der Waals surface area contributed by atoms with Gasteiger partial charge in [-0.2, -0.15) is 0 Å². The Kier molecular flexibility index (Phi) is 5.72. The van der Waals surface area contributed by atoms with E-state index in [2.05, 4.69) is 10.6 Å². The van der Waals surface area contributed by atoms with Crippen LogP contribution in [-0.2, 0) is 4.79 Å². The number of benzene rings is 1. The number of halogens is 1. The maximum atomic E-state index is 12.2. The van der Waals surface area contributed by atoms with E-state index in [4.69, 9.17) is 5.73 Å². The summed E-state index contributed by atoms with van der Waals surface area (Å²) in [6, 6.07) is 5.47. The molecule has 1 aromatic carbocycles. The second-order valence-electron chi connectivity index (χ2n) is 5.57. The molecule has 1 unspecified atom stereocenters. The van der Waals surface area contributed by atoms with Crippen molar-refractivity contribution >= 4 is 41.7 Å². The molecule has 1 saturated carbocycles. The highest BCUT2D eigenvalue weighted by molar-refractivity contribution is 7.99. The van der Waals surface area contributed by atoms with Crippen LogP contribution < -0.4 is 16.4 Å². The first-order valence-corrected chi connectivity index (χ1v) is 8.22. The van der Waals surface area contributed by atoms with Crippen molar-refractivity contribution in [1.29, 1.82) is 0 Å². The molecule has 1 atom stereocenters. The summed E-state index contributed by atoms with van der Waals surface area (Å²) in [5, 5.41) is 5.72. The van der Waals surface area contributed by atoms with Gasteiger partial charge in [0.15, 0.2) is 0 Å². The van der Waals surface area contributed by atoms with Gasteiger partial charge in [0.25, 0.3) is 5.91 Å². The van der Waals surface area contributed by atoms with Gasteiger partial charge >= 0.3 is 0 Å². The summed E-state index contributed by atoms with van der Waals surface area (Å²) in [6.45, 7) is 0.502. The van der Waals surface area contributed by atoms with Crippen molar-refractivity contribution in [3.8, 4) is 0 Å². The fourth-order valence-corrected chi connectivity index (χ4v) is 3.30. The Labute approximate surface area is 140 Å². The third kappa shape index (κ3) is 4.15. The van der Waals surface area contributed by atoms with Crippen LogP contribution >= 0.6 is 24.2 Å². The van der Waals surface area contributed by atoms with Gasteiger partial charge in [-0.1, -0.05) is 0 Å². The van der Waals surface area contributed by atoms with Crippen LogP contribution in [0.15, 0.2) is 23.1 Å². The van der Waals surface area contributed by atoms with Gasteiger partial charge in [-0.15, -0.1) is 24.2 Å². The van der Waals surface area contributed by atoms with Gasteiger partial charge in [-0.05, 0) is 37.0 Å². The number of nitrogens with one attached hydrogen (secondary N) is 2. The van der Waals surface area contributed by atoms with Crippen LogP contribution in [0.1, 0.15) is 29.6 Å². The van der Waals surface area contributed by atoms with Crippen LogP contribution in [0.25, 0.3) is 0 Å². The van der Waals surface area contributed by atoms with E-state index in [1.165, 1.54) is 12.8 Å². The number of nitrogens with two attached hydrogens (primary N) is 1. The molecule has 0 bridgehead atoms. The Bertz CT molecular complexity index is 578. The van der Waals surface area contributed by atoms with Crippen molar-refractivity contribution in [3.05, 3.63) is 23.8 Å². The maximum absolute atomic E-state index is 12.2. The summed E-state index contributed by atoms with van der Waals surface area (Å²) >= 11 is 1.63. The minimum atomic E-state index is -0.141. The second kappa shape index (κ2) is 7.35. The number of hydrogen-bond acceptors (Lipinski definition) is 4. The molecule has 1 aliphatic heterocycles. The highest BCUT2D eigenvalue weighted by Crippen LogP contribution is 2.32. The van der Waals surface area contributed by atoms with Crippen LogP contribution in [0.5, 0.6) is 0 Å². The van der Waals surface area contributed by atoms with E-state index in [-0.39, 0.29) is 30.3 Å². The molecule has 3 rings (SSSR count). The smallest absolute Gasteiger partial charge is 0.251 e. The predicted octanol–water partition coefficient (Wildman–Crippen LogP) is 2.01. The first-order valence-electron chi connectivity index (χ1n) is 7.24. The minimum absolute atomic E-state index is 0. The average molecular weight is 342 g/mol. The predicted molar refractivity (Wildman–Crippen MR) is 90.7 cm³/mol. The summed E-state index contributed by atoms with van der Waals surface area (Å²) < 4.78 is 0. The van der Waals surface area contributed by atoms with Gasteiger partial charge in [-0.25, -0.2) is 0 Å². The van der Waals surface area contributed by atoms with Crippen molar-refractivity contribution < 1.29 is 9.59 Å². The molecule has 4 N–H and O–H groups in total. The van der Waals surface area contributed by atoms with E-state index in [1.807, 2.05) is 6.07 Å². The van der Waals surface area contributed by atoms with Crippen molar-refractivity contribution in [3.63, 3.8) is 0 Å². The zero-order chi connectivity index (χ0) is 14.8. The summed E-state index contributed by atoms with van der Waals surface area (Å²) in [4.78, 5) is 24.7. The van der Waals surface area contributed by atoms with Gasteiger partial charge in [0, 0.05) is 35.2 Å². The molecule has 1 heterocycles. The molecule has 7 heteroatoms. The standard InChI is InChI=1S/C15H19N3O2S.ClH/c16-11(9-1-2-9)8-17-15(20)10-3-4-13-12(7-10)18-14(19)5-6-21-13;/h3-4,7,9,11H,1-2,5-6,8,16H2,(H,17,20)(H,18,19);1H. The Morgan fingerprint density at radius 1 is 1.45 bits per heavy atom. The summed E-state index contributed by atoms with van der Waals surface area (Å²) in [7, 11) is 0. The van der Waals surface area contributed by atoms with E-state index >= 15 is 0 Å². The van der Waals surface area contributed by atoms with Crippen molar-refractivity contribution in [1.82, 2.24) is 5.32 Å². The lowest BCUT2D eigenvalue weighted by atomic mass is 10.1. The molecule has 0 radical (unpaired) electrons. The molecule has 1 aromatic rings. The quantitative estimate of drug-likeness (QED) is 0.782. The van der Waals surface area contributed by atoms with Gasteiger partial charge in [0.05, 0.1) is 5.69 Å². The van der Waals surface area contributed by atoms with Crippen molar-refractivity contribution in [2.45, 2.75) is 30.2 Å². The maximum Gasteiger partial charge on any atom is 0.251 e. The second-order valence-corrected chi connectivity index (χ2v) is 6.71.